The van der Waals surface area contributed by atoms with Crippen molar-refractivity contribution < 1.29 is 4.79 Å². The second-order valence-corrected chi connectivity index (χ2v) is 9.15. The number of carbonyl (C=O) groups excluding carboxylic acids is 1. The number of nitrogens with zero attached hydrogens (tertiary/aromatic N) is 3. The summed E-state index contributed by atoms with van der Waals surface area (Å²) in [6, 6.07) is 18.6. The minimum Gasteiger partial charge on any atom is -0.324 e. The predicted molar refractivity (Wildman–Crippen MR) is 128 cm³/mol. The van der Waals surface area contributed by atoms with E-state index in [0.717, 1.165) is 33.4 Å². The number of hydrogen-bond acceptors (Lipinski definition) is 3. The second-order valence-electron chi connectivity index (χ2n) is 9.15. The number of rotatable bonds is 3. The molecule has 32 heavy (non-hydrogen) atoms. The molecule has 0 aliphatic carbocycles. The number of aromatic amines is 1. The van der Waals surface area contributed by atoms with Gasteiger partial charge >= 0.3 is 0 Å². The average Bonchev–Trinajstić information content (AvgIpc) is 3.37. The second kappa shape index (κ2) is 7.34. The molecule has 5 aromatic rings. The van der Waals surface area contributed by atoms with E-state index in [1.165, 1.54) is 5.56 Å². The summed E-state index contributed by atoms with van der Waals surface area (Å²) in [4.78, 5) is 24.9. The van der Waals surface area contributed by atoms with Crippen LogP contribution in [0.5, 0.6) is 0 Å². The molecule has 6 nitrogen and oxygen atoms in total. The van der Waals surface area contributed by atoms with Crippen LogP contribution in [0.3, 0.4) is 0 Å². The molecule has 2 aromatic carbocycles. The smallest absolute Gasteiger partial charge is 0.278 e. The van der Waals surface area contributed by atoms with Crippen molar-refractivity contribution in [1.82, 2.24) is 19.4 Å². The summed E-state index contributed by atoms with van der Waals surface area (Å²) in [6.07, 6.45) is 3.60. The fraction of sp³-hybridized carbons (Fsp3) is 0.192. The maximum Gasteiger partial charge on any atom is 0.278 e. The Morgan fingerprint density at radius 1 is 1.00 bits per heavy atom. The first-order chi connectivity index (χ1) is 15.3. The van der Waals surface area contributed by atoms with Gasteiger partial charge < -0.3 is 9.38 Å². The average molecular weight is 424 g/mol. The third kappa shape index (κ3) is 3.64. The molecule has 6 heteroatoms. The molecule has 0 unspecified atom stereocenters. The van der Waals surface area contributed by atoms with Crippen molar-refractivity contribution in [2.75, 3.05) is 5.32 Å². The quantitative estimate of drug-likeness (QED) is 0.389. The highest BCUT2D eigenvalue weighted by atomic mass is 16.2. The van der Waals surface area contributed by atoms with Gasteiger partial charge in [0.2, 0.25) is 5.95 Å². The first kappa shape index (κ1) is 20.0. The zero-order valence-electron chi connectivity index (χ0n) is 18.6. The first-order valence-corrected chi connectivity index (χ1v) is 10.6. The minimum atomic E-state index is -0.301. The van der Waals surface area contributed by atoms with Crippen LogP contribution < -0.4 is 5.32 Å². The van der Waals surface area contributed by atoms with E-state index in [9.17, 15) is 4.79 Å². The van der Waals surface area contributed by atoms with E-state index in [2.05, 4.69) is 71.4 Å². The van der Waals surface area contributed by atoms with E-state index in [0.29, 0.717) is 11.6 Å². The van der Waals surface area contributed by atoms with Crippen molar-refractivity contribution in [2.24, 2.45) is 0 Å². The number of hydrogen-bond donors (Lipinski definition) is 2. The Morgan fingerprint density at radius 2 is 1.75 bits per heavy atom. The van der Waals surface area contributed by atoms with Gasteiger partial charge in [0.15, 0.2) is 0 Å². The molecular weight excluding hydrogens is 398 g/mol. The molecule has 0 saturated carbocycles. The van der Waals surface area contributed by atoms with Crippen LogP contribution >= 0.6 is 0 Å². The Morgan fingerprint density at radius 3 is 2.47 bits per heavy atom. The number of nitrogens with one attached hydrogen (secondary N) is 2. The molecule has 0 saturated heterocycles. The van der Waals surface area contributed by atoms with E-state index < -0.39 is 0 Å². The topological polar surface area (TPSA) is 75.1 Å². The van der Waals surface area contributed by atoms with E-state index in [4.69, 9.17) is 0 Å². The lowest BCUT2D eigenvalue weighted by molar-refractivity contribution is 0.102. The number of fused-ring (bicyclic) bond motifs is 2. The highest BCUT2D eigenvalue weighted by Gasteiger charge is 2.15. The number of pyridine rings is 1. The van der Waals surface area contributed by atoms with Crippen molar-refractivity contribution >= 4 is 28.5 Å². The standard InChI is InChI=1S/C26H25N5O/c1-16-6-5-13-31-15-22(27-23(16)31)24(32)30-25-28-20-12-9-18(14-21(20)29-25)17-7-10-19(11-8-17)26(2,3)4/h5-15H,1-4H3,(H2,28,29,30,32). The maximum absolute atomic E-state index is 12.7. The van der Waals surface area contributed by atoms with Crippen molar-refractivity contribution in [1.29, 1.82) is 0 Å². The van der Waals surface area contributed by atoms with E-state index >= 15 is 0 Å². The summed E-state index contributed by atoms with van der Waals surface area (Å²) in [5.41, 5.74) is 7.44. The van der Waals surface area contributed by atoms with Crippen LogP contribution in [-0.4, -0.2) is 25.3 Å². The van der Waals surface area contributed by atoms with Crippen LogP contribution in [0, 0.1) is 6.92 Å². The number of aryl methyl sites for hydroxylation is 1. The molecule has 2 N–H and O–H groups in total. The molecule has 0 bridgehead atoms. The van der Waals surface area contributed by atoms with Crippen LogP contribution in [-0.2, 0) is 5.41 Å². The molecule has 0 aliphatic heterocycles. The van der Waals surface area contributed by atoms with Gasteiger partial charge in [0.05, 0.1) is 11.0 Å². The van der Waals surface area contributed by atoms with Gasteiger partial charge in [-0.15, -0.1) is 0 Å². The number of H-pyrrole nitrogens is 1. The zero-order chi connectivity index (χ0) is 22.5. The minimum absolute atomic E-state index is 0.124. The predicted octanol–water partition coefficient (Wildman–Crippen LogP) is 5.74. The molecule has 0 fully saturated rings. The van der Waals surface area contributed by atoms with Crippen molar-refractivity contribution in [3.05, 3.63) is 83.8 Å². The zero-order valence-corrected chi connectivity index (χ0v) is 18.6. The lowest BCUT2D eigenvalue weighted by Gasteiger charge is -2.19. The summed E-state index contributed by atoms with van der Waals surface area (Å²) in [6.45, 7) is 8.60. The summed E-state index contributed by atoms with van der Waals surface area (Å²) in [5, 5.41) is 2.83. The van der Waals surface area contributed by atoms with Gasteiger partial charge in [-0.1, -0.05) is 57.2 Å². The normalized spacial score (nSPS) is 11.9. The van der Waals surface area contributed by atoms with Crippen molar-refractivity contribution in [3.63, 3.8) is 0 Å². The molecule has 160 valence electrons. The fourth-order valence-corrected chi connectivity index (χ4v) is 3.85. The molecule has 5 rings (SSSR count). The van der Waals surface area contributed by atoms with Crippen LogP contribution in [0.25, 0.3) is 27.8 Å². The van der Waals surface area contributed by atoms with E-state index in [1.807, 2.05) is 41.8 Å². The lowest BCUT2D eigenvalue weighted by Crippen LogP contribution is -2.13. The Bertz CT molecular complexity index is 1450. The summed E-state index contributed by atoms with van der Waals surface area (Å²) in [7, 11) is 0. The van der Waals surface area contributed by atoms with Gasteiger partial charge in [-0.25, -0.2) is 9.97 Å². The van der Waals surface area contributed by atoms with E-state index in [1.54, 1.807) is 6.20 Å². The van der Waals surface area contributed by atoms with E-state index in [-0.39, 0.29) is 11.3 Å². The highest BCUT2D eigenvalue weighted by molar-refractivity contribution is 6.03. The molecule has 0 spiro atoms. The molecule has 0 radical (unpaired) electrons. The van der Waals surface area contributed by atoms with Crippen LogP contribution in [0.4, 0.5) is 5.95 Å². The summed E-state index contributed by atoms with van der Waals surface area (Å²) in [5.74, 6) is 0.101. The number of amides is 1. The molecule has 0 aliphatic rings. The third-order valence-electron chi connectivity index (χ3n) is 5.71. The van der Waals surface area contributed by atoms with Gasteiger partial charge in [-0.05, 0) is 52.8 Å². The van der Waals surface area contributed by atoms with Gasteiger partial charge in [0.25, 0.3) is 5.91 Å². The molecule has 3 aromatic heterocycles. The summed E-state index contributed by atoms with van der Waals surface area (Å²) >= 11 is 0. The van der Waals surface area contributed by atoms with Crippen LogP contribution in [0.2, 0.25) is 0 Å². The SMILES string of the molecule is Cc1cccn2cc(C(=O)Nc3nc4ccc(-c5ccc(C(C)(C)C)cc5)cc4[nH]3)nc12. The first-order valence-electron chi connectivity index (χ1n) is 10.6. The molecular formula is C26H25N5O. The Balaban J connectivity index is 1.40. The van der Waals surface area contributed by atoms with Gasteiger partial charge in [0, 0.05) is 12.4 Å². The van der Waals surface area contributed by atoms with Gasteiger partial charge in [0.1, 0.15) is 11.3 Å². The summed E-state index contributed by atoms with van der Waals surface area (Å²) < 4.78 is 1.85. The number of anilines is 1. The monoisotopic (exact) mass is 423 g/mol. The number of carbonyl (C=O) groups is 1. The van der Waals surface area contributed by atoms with Crippen LogP contribution in [0.1, 0.15) is 42.4 Å². The molecule has 0 atom stereocenters. The maximum atomic E-state index is 12.7. The molecule has 1 amide bonds. The van der Waals surface area contributed by atoms with Crippen molar-refractivity contribution in [3.8, 4) is 11.1 Å². The number of aromatic nitrogens is 4. The number of benzene rings is 2. The fourth-order valence-electron chi connectivity index (χ4n) is 3.85. The highest BCUT2D eigenvalue weighted by Crippen LogP contribution is 2.28. The van der Waals surface area contributed by atoms with Crippen molar-refractivity contribution in [2.45, 2.75) is 33.1 Å². The molecule has 3 heterocycles. The largest absolute Gasteiger partial charge is 0.324 e. The number of imidazole rings is 2. The van der Waals surface area contributed by atoms with Crippen LogP contribution in [0.15, 0.2) is 67.0 Å². The Kier molecular flexibility index (Phi) is 4.59. The Hall–Kier alpha value is -3.93. The van der Waals surface area contributed by atoms with Gasteiger partial charge in [-0.2, -0.15) is 0 Å². The van der Waals surface area contributed by atoms with Gasteiger partial charge in [-0.3, -0.25) is 10.1 Å². The third-order valence-corrected chi connectivity index (χ3v) is 5.71. The Labute approximate surface area is 186 Å². The lowest BCUT2D eigenvalue weighted by atomic mass is 9.86.